The number of anilines is 1. The lowest BCUT2D eigenvalue weighted by molar-refractivity contribution is -0.137. The molecule has 12 nitrogen and oxygen atoms in total. The molecule has 0 fully saturated rings. The first-order valence-electron chi connectivity index (χ1n) is 14.8. The number of nitrogens with zero attached hydrogens (tertiary/aromatic N) is 5. The number of hydrogen-bond acceptors (Lipinski definition) is 11. The van der Waals surface area contributed by atoms with E-state index < -0.39 is 52.4 Å². The number of Topliss-reactive ketones (excluding diaryl/α,β-unsaturated/α-hetero) is 1. The Balaban J connectivity index is 1.17. The summed E-state index contributed by atoms with van der Waals surface area (Å²) in [6.45, 7) is 5.07. The molecule has 0 radical (unpaired) electrons. The van der Waals surface area contributed by atoms with Crippen LogP contribution < -0.4 is 16.0 Å². The molecule has 0 saturated carbocycles. The molecule has 1 aromatic carbocycles. The molecule has 3 N–H and O–H groups in total. The highest BCUT2D eigenvalue weighted by molar-refractivity contribution is 7.14. The fourth-order valence-corrected chi connectivity index (χ4v) is 6.44. The molecule has 19 heteroatoms. The topological polar surface area (TPSA) is 169 Å². The summed E-state index contributed by atoms with van der Waals surface area (Å²) in [5, 5.41) is 8.89. The third kappa shape index (κ3) is 9.29. The molecule has 51 heavy (non-hydrogen) atoms. The van der Waals surface area contributed by atoms with Crippen LogP contribution in [0, 0.1) is 6.92 Å². The Morgan fingerprint density at radius 1 is 0.765 bits per heavy atom. The van der Waals surface area contributed by atoms with E-state index in [4.69, 9.17) is 23.2 Å². The van der Waals surface area contributed by atoms with Gasteiger partial charge in [-0.2, -0.15) is 13.2 Å². The highest BCUT2D eigenvalue weighted by Crippen LogP contribution is 2.35. The maximum absolute atomic E-state index is 13.2. The van der Waals surface area contributed by atoms with Crippen molar-refractivity contribution < 1.29 is 32.3 Å². The monoisotopic (exact) mass is 776 g/mol. The van der Waals surface area contributed by atoms with Gasteiger partial charge >= 0.3 is 6.18 Å². The predicted molar refractivity (Wildman–Crippen MR) is 184 cm³/mol. The third-order valence-corrected chi connectivity index (χ3v) is 10.2. The second-order valence-electron chi connectivity index (χ2n) is 11.0. The standard InChI is InChI=1S/C32H25Cl2F3N8O4S2/c1-14-6-26(38-10-20(14)34)45-29(49)25-12-40-31(51-25)16(3)44-28(48)22-9-21(41-13-42-22)27(47)43-15(2)30-39-11-24(50-30)23(46)8-17-4-5-19(33)18(7-17)32(35,36)37/h4-7,9-13,15-16H,8H2,1-3H3,(H,43,47)(H,44,48)(H,38,45,49). The van der Waals surface area contributed by atoms with Crippen LogP contribution in [0.5, 0.6) is 0 Å². The van der Waals surface area contributed by atoms with E-state index in [1.165, 1.54) is 30.7 Å². The lowest BCUT2D eigenvalue weighted by atomic mass is 10.0. The van der Waals surface area contributed by atoms with Gasteiger partial charge in [-0.3, -0.25) is 19.2 Å². The van der Waals surface area contributed by atoms with Gasteiger partial charge in [0.1, 0.15) is 38.4 Å². The number of carbonyl (C=O) groups excluding carboxylic acids is 4. The Hall–Kier alpha value is -4.84. The van der Waals surface area contributed by atoms with Crippen molar-refractivity contribution in [2.75, 3.05) is 5.32 Å². The predicted octanol–water partition coefficient (Wildman–Crippen LogP) is 7.08. The zero-order chi connectivity index (χ0) is 37.0. The number of halogens is 5. The summed E-state index contributed by atoms with van der Waals surface area (Å²) in [7, 11) is 0. The van der Waals surface area contributed by atoms with Crippen LogP contribution in [0.1, 0.15) is 93.0 Å². The SMILES string of the molecule is Cc1cc(NC(=O)c2cnc(C(C)NC(=O)c3cc(C(=O)NC(C)c4ncc(C(=O)Cc5ccc(Cl)c(C(F)(F)F)c5)s4)ncn3)s2)ncc1Cl. The third-order valence-electron chi connectivity index (χ3n) is 7.10. The fraction of sp³-hybridized carbons (Fsp3) is 0.219. The first-order chi connectivity index (χ1) is 24.1. The van der Waals surface area contributed by atoms with Crippen molar-refractivity contribution in [2.24, 2.45) is 0 Å². The first-order valence-corrected chi connectivity index (χ1v) is 17.2. The van der Waals surface area contributed by atoms with Crippen molar-refractivity contribution in [3.8, 4) is 0 Å². The van der Waals surface area contributed by atoms with Crippen molar-refractivity contribution >= 4 is 75.2 Å². The Bertz CT molecular complexity index is 2140. The van der Waals surface area contributed by atoms with E-state index in [-0.39, 0.29) is 33.1 Å². The number of alkyl halides is 3. The van der Waals surface area contributed by atoms with Crippen molar-refractivity contribution in [3.05, 3.63) is 113 Å². The van der Waals surface area contributed by atoms with Gasteiger partial charge in [0, 0.05) is 24.9 Å². The van der Waals surface area contributed by atoms with Crippen LogP contribution in [-0.2, 0) is 12.6 Å². The van der Waals surface area contributed by atoms with Gasteiger partial charge in [-0.05, 0) is 50.1 Å². The number of rotatable bonds is 11. The Kier molecular flexibility index (Phi) is 11.4. The number of hydrogen-bond donors (Lipinski definition) is 3. The van der Waals surface area contributed by atoms with Crippen molar-refractivity contribution in [3.63, 3.8) is 0 Å². The van der Waals surface area contributed by atoms with Crippen LogP contribution in [0.4, 0.5) is 19.0 Å². The van der Waals surface area contributed by atoms with Gasteiger partial charge < -0.3 is 16.0 Å². The summed E-state index contributed by atoms with van der Waals surface area (Å²) in [5.74, 6) is -1.86. The number of benzene rings is 1. The molecule has 5 aromatic rings. The summed E-state index contributed by atoms with van der Waals surface area (Å²) in [5.41, 5.74) is -0.382. The number of aryl methyl sites for hydroxylation is 1. The highest BCUT2D eigenvalue weighted by Gasteiger charge is 2.33. The van der Waals surface area contributed by atoms with Gasteiger partial charge in [0.2, 0.25) is 0 Å². The van der Waals surface area contributed by atoms with E-state index >= 15 is 0 Å². The molecule has 0 aliphatic heterocycles. The molecule has 0 aliphatic rings. The largest absolute Gasteiger partial charge is 0.417 e. The maximum atomic E-state index is 13.2. The van der Waals surface area contributed by atoms with Crippen molar-refractivity contribution in [1.82, 2.24) is 35.6 Å². The summed E-state index contributed by atoms with van der Waals surface area (Å²) < 4.78 is 39.7. The van der Waals surface area contributed by atoms with Crippen molar-refractivity contribution in [2.45, 2.75) is 45.5 Å². The van der Waals surface area contributed by atoms with E-state index in [9.17, 15) is 32.3 Å². The molecule has 0 bridgehead atoms. The Morgan fingerprint density at radius 3 is 1.94 bits per heavy atom. The van der Waals surface area contributed by atoms with Gasteiger partial charge in [0.15, 0.2) is 5.78 Å². The van der Waals surface area contributed by atoms with Crippen LogP contribution in [0.3, 0.4) is 0 Å². The number of pyridine rings is 1. The number of nitrogens with one attached hydrogen (secondary N) is 3. The molecule has 0 saturated heterocycles. The van der Waals surface area contributed by atoms with E-state index in [2.05, 4.69) is 40.9 Å². The average molecular weight is 778 g/mol. The minimum Gasteiger partial charge on any atom is -0.342 e. The molecular weight excluding hydrogens is 752 g/mol. The molecule has 3 amide bonds. The molecule has 0 spiro atoms. The lowest BCUT2D eigenvalue weighted by Gasteiger charge is -2.12. The molecule has 5 rings (SSSR count). The number of amides is 3. The van der Waals surface area contributed by atoms with E-state index in [1.807, 2.05) is 0 Å². The normalized spacial score (nSPS) is 12.5. The molecule has 2 unspecified atom stereocenters. The van der Waals surface area contributed by atoms with Gasteiger partial charge in [-0.1, -0.05) is 29.3 Å². The number of carbonyl (C=O) groups is 4. The van der Waals surface area contributed by atoms with Gasteiger partial charge in [-0.25, -0.2) is 24.9 Å². The zero-order valence-corrected chi connectivity index (χ0v) is 29.8. The summed E-state index contributed by atoms with van der Waals surface area (Å²) in [6.07, 6.45) is 0.171. The smallest absolute Gasteiger partial charge is 0.342 e. The second kappa shape index (κ2) is 15.6. The van der Waals surface area contributed by atoms with Crippen molar-refractivity contribution in [1.29, 1.82) is 0 Å². The van der Waals surface area contributed by atoms with E-state index in [0.717, 1.165) is 46.7 Å². The summed E-state index contributed by atoms with van der Waals surface area (Å²) in [6, 6.07) is 4.78. The van der Waals surface area contributed by atoms with Gasteiger partial charge in [-0.15, -0.1) is 22.7 Å². The molecule has 0 aliphatic carbocycles. The minimum absolute atomic E-state index is 0.105. The first kappa shape index (κ1) is 37.4. The van der Waals surface area contributed by atoms with Crippen LogP contribution in [0.25, 0.3) is 0 Å². The highest BCUT2D eigenvalue weighted by atomic mass is 35.5. The summed E-state index contributed by atoms with van der Waals surface area (Å²) in [4.78, 5) is 72.4. The van der Waals surface area contributed by atoms with Crippen LogP contribution in [0.2, 0.25) is 10.0 Å². The molecule has 264 valence electrons. The minimum atomic E-state index is -4.67. The van der Waals surface area contributed by atoms with Gasteiger partial charge in [0.05, 0.1) is 38.8 Å². The van der Waals surface area contributed by atoms with Crippen LogP contribution in [-0.4, -0.2) is 48.4 Å². The lowest BCUT2D eigenvalue weighted by Crippen LogP contribution is -2.30. The van der Waals surface area contributed by atoms with Gasteiger partial charge in [0.25, 0.3) is 17.7 Å². The number of ketones is 1. The molecular formula is C32H25Cl2F3N8O4S2. The second-order valence-corrected chi connectivity index (χ2v) is 13.9. The average Bonchev–Trinajstić information content (AvgIpc) is 3.78. The van der Waals surface area contributed by atoms with Crippen LogP contribution in [0.15, 0.2) is 55.2 Å². The Morgan fingerprint density at radius 2 is 1.35 bits per heavy atom. The van der Waals surface area contributed by atoms with E-state index in [0.29, 0.717) is 20.9 Å². The fourth-order valence-electron chi connectivity index (χ4n) is 4.44. The number of thiazole rings is 2. The molecule has 4 aromatic heterocycles. The van der Waals surface area contributed by atoms with E-state index in [1.54, 1.807) is 26.8 Å². The number of aromatic nitrogens is 5. The molecule has 4 heterocycles. The molecule has 2 atom stereocenters. The zero-order valence-electron chi connectivity index (χ0n) is 26.6. The Labute approximate surface area is 305 Å². The maximum Gasteiger partial charge on any atom is 0.417 e. The quantitative estimate of drug-likeness (QED) is 0.119. The summed E-state index contributed by atoms with van der Waals surface area (Å²) >= 11 is 13.7. The van der Waals surface area contributed by atoms with Crippen LogP contribution >= 0.6 is 45.9 Å².